The van der Waals surface area contributed by atoms with Crippen LogP contribution >= 0.6 is 23.9 Å². The van der Waals surface area contributed by atoms with Crippen molar-refractivity contribution in [3.05, 3.63) is 129 Å². The van der Waals surface area contributed by atoms with Gasteiger partial charge in [-0.25, -0.2) is 8.83 Å². The standard InChI is InChI=1S/C34H34N4S2Si/c1-21-9-7-11-25(17-21)31-32(26-12-8-10-22(2)18-26)34(38-36-28-20-24(4)14-16-30(28)40-38)41(5,6)33(31)37-35-27-19-23(3)13-15-29(27)39-37/h7-20,35-36H,1-6H3. The largest absolute Gasteiger partial charge is 0.287 e. The van der Waals surface area contributed by atoms with Crippen molar-refractivity contribution >= 4 is 54.5 Å². The van der Waals surface area contributed by atoms with E-state index < -0.39 is 8.07 Å². The molecule has 3 heterocycles. The van der Waals surface area contributed by atoms with Crippen molar-refractivity contribution in [2.45, 2.75) is 50.6 Å². The van der Waals surface area contributed by atoms with Crippen molar-refractivity contribution in [1.82, 2.24) is 8.83 Å². The van der Waals surface area contributed by atoms with E-state index in [9.17, 15) is 0 Å². The first kappa shape index (κ1) is 26.4. The lowest BCUT2D eigenvalue weighted by Gasteiger charge is -2.34. The van der Waals surface area contributed by atoms with E-state index in [-0.39, 0.29) is 0 Å². The third-order valence-electron chi connectivity index (χ3n) is 8.02. The van der Waals surface area contributed by atoms with E-state index in [0.29, 0.717) is 0 Å². The maximum absolute atomic E-state index is 3.81. The van der Waals surface area contributed by atoms with Gasteiger partial charge in [-0.05, 0) is 74.2 Å². The van der Waals surface area contributed by atoms with E-state index in [1.165, 1.54) is 76.3 Å². The zero-order valence-electron chi connectivity index (χ0n) is 24.3. The van der Waals surface area contributed by atoms with Gasteiger partial charge < -0.3 is 0 Å². The van der Waals surface area contributed by atoms with Crippen molar-refractivity contribution in [2.75, 3.05) is 10.9 Å². The monoisotopic (exact) mass is 590 g/mol. The number of fused-ring (bicyclic) bond motifs is 2. The van der Waals surface area contributed by atoms with Crippen LogP contribution in [0.5, 0.6) is 0 Å². The predicted octanol–water partition coefficient (Wildman–Crippen LogP) is 9.54. The molecule has 4 aromatic rings. The van der Waals surface area contributed by atoms with Crippen LogP contribution in [0.1, 0.15) is 33.4 Å². The van der Waals surface area contributed by atoms with Crippen molar-refractivity contribution in [3.63, 3.8) is 0 Å². The van der Waals surface area contributed by atoms with Gasteiger partial charge in [0.15, 0.2) is 8.07 Å². The van der Waals surface area contributed by atoms with Crippen LogP contribution < -0.4 is 10.9 Å². The van der Waals surface area contributed by atoms with Crippen molar-refractivity contribution in [3.8, 4) is 0 Å². The van der Waals surface area contributed by atoms with E-state index in [1.54, 1.807) is 0 Å². The molecular weight excluding hydrogens is 557 g/mol. The van der Waals surface area contributed by atoms with Crippen LogP contribution in [0.2, 0.25) is 13.1 Å². The molecule has 2 N–H and O–H groups in total. The van der Waals surface area contributed by atoms with Gasteiger partial charge in [0.1, 0.15) is 0 Å². The molecule has 0 spiro atoms. The van der Waals surface area contributed by atoms with Crippen molar-refractivity contribution < 1.29 is 0 Å². The minimum Gasteiger partial charge on any atom is -0.287 e. The number of hydrogen-bond donors (Lipinski definition) is 2. The highest BCUT2D eigenvalue weighted by molar-refractivity contribution is 7.98. The number of anilines is 2. The maximum atomic E-state index is 3.81. The normalized spacial score (nSPS) is 17.1. The number of hydrogen-bond acceptors (Lipinski definition) is 6. The Morgan fingerprint density at radius 2 is 0.951 bits per heavy atom. The number of nitrogens with one attached hydrogen (secondary N) is 2. The molecular formula is C34H34N4S2Si. The summed E-state index contributed by atoms with van der Waals surface area (Å²) in [6, 6.07) is 31.4. The van der Waals surface area contributed by atoms with Gasteiger partial charge in [0, 0.05) is 45.7 Å². The molecule has 0 fully saturated rings. The first-order valence-electron chi connectivity index (χ1n) is 14.0. The highest BCUT2D eigenvalue weighted by Gasteiger charge is 2.50. The first-order valence-corrected chi connectivity index (χ1v) is 18.6. The summed E-state index contributed by atoms with van der Waals surface area (Å²) in [4.78, 5) is 2.53. The van der Waals surface area contributed by atoms with E-state index in [4.69, 9.17) is 0 Å². The molecule has 0 amide bonds. The summed E-state index contributed by atoms with van der Waals surface area (Å²) in [6.45, 7) is 13.7. The smallest absolute Gasteiger partial charge is 0.161 e. The zero-order chi connectivity index (χ0) is 28.5. The molecule has 0 bridgehead atoms. The van der Waals surface area contributed by atoms with Gasteiger partial charge in [-0.15, -0.1) is 0 Å². The highest BCUT2D eigenvalue weighted by Crippen LogP contribution is 2.57. The zero-order valence-corrected chi connectivity index (χ0v) is 26.9. The molecule has 0 saturated heterocycles. The Balaban J connectivity index is 1.47. The summed E-state index contributed by atoms with van der Waals surface area (Å²) < 4.78 is 4.74. The molecule has 0 atom stereocenters. The van der Waals surface area contributed by atoms with Gasteiger partial charge in [-0.1, -0.05) is 84.9 Å². The van der Waals surface area contributed by atoms with E-state index in [1.807, 2.05) is 23.9 Å². The SMILES string of the molecule is Cc1cccc(C2=C(N3Nc4cc(C)ccc4S3)[Si](C)(C)C(N3Nc4cc(C)ccc4S3)=C2c2cccc(C)c2)c1. The summed E-state index contributed by atoms with van der Waals surface area (Å²) in [7, 11) is -2.32. The lowest BCUT2D eigenvalue weighted by atomic mass is 9.92. The number of benzene rings is 4. The van der Waals surface area contributed by atoms with Gasteiger partial charge in [-0.3, -0.25) is 10.9 Å². The Morgan fingerprint density at radius 3 is 1.37 bits per heavy atom. The van der Waals surface area contributed by atoms with E-state index in [0.717, 1.165) is 0 Å². The fourth-order valence-electron chi connectivity index (χ4n) is 6.13. The topological polar surface area (TPSA) is 30.5 Å². The summed E-state index contributed by atoms with van der Waals surface area (Å²) in [5.74, 6) is 0. The average Bonchev–Trinajstić information content (AvgIpc) is 3.59. The molecule has 4 aromatic carbocycles. The fraction of sp³-hybridized carbons (Fsp3) is 0.176. The van der Waals surface area contributed by atoms with Gasteiger partial charge in [0.05, 0.1) is 21.2 Å². The predicted molar refractivity (Wildman–Crippen MR) is 179 cm³/mol. The number of nitrogens with zero attached hydrogens (tertiary/aromatic N) is 2. The Hall–Kier alpha value is -3.52. The molecule has 0 saturated carbocycles. The molecule has 0 aromatic heterocycles. The Morgan fingerprint density at radius 1 is 0.537 bits per heavy atom. The van der Waals surface area contributed by atoms with Crippen LogP contribution in [0, 0.1) is 27.7 Å². The summed E-state index contributed by atoms with van der Waals surface area (Å²) >= 11 is 3.62. The maximum Gasteiger partial charge on any atom is 0.161 e. The van der Waals surface area contributed by atoms with Crippen LogP contribution in [0.15, 0.2) is 105 Å². The van der Waals surface area contributed by atoms with E-state index in [2.05, 4.69) is 145 Å². The second-order valence-electron chi connectivity index (χ2n) is 11.8. The third-order valence-corrected chi connectivity index (χ3v) is 13.7. The Bertz CT molecular complexity index is 1660. The minimum absolute atomic E-state index is 1.18. The van der Waals surface area contributed by atoms with Gasteiger partial charge in [0.25, 0.3) is 0 Å². The molecule has 0 radical (unpaired) electrons. The van der Waals surface area contributed by atoms with Crippen molar-refractivity contribution in [2.24, 2.45) is 0 Å². The van der Waals surface area contributed by atoms with Crippen LogP contribution in [0.4, 0.5) is 11.4 Å². The molecule has 3 aliphatic heterocycles. The number of allylic oxidation sites excluding steroid dienone is 2. The molecule has 3 aliphatic rings. The third kappa shape index (κ3) is 4.47. The Kier molecular flexibility index (Phi) is 6.30. The lowest BCUT2D eigenvalue weighted by molar-refractivity contribution is 0.722. The highest BCUT2D eigenvalue weighted by atomic mass is 32.2. The summed E-state index contributed by atoms with van der Waals surface area (Å²) in [6.07, 6.45) is 0. The number of rotatable bonds is 4. The number of aryl methyl sites for hydroxylation is 4. The second-order valence-corrected chi connectivity index (χ2v) is 18.0. The first-order chi connectivity index (χ1) is 19.7. The minimum atomic E-state index is -2.32. The molecule has 0 unspecified atom stereocenters. The Labute approximate surface area is 252 Å². The van der Waals surface area contributed by atoms with Gasteiger partial charge >= 0.3 is 0 Å². The second kappa shape index (κ2) is 9.79. The average molecular weight is 591 g/mol. The van der Waals surface area contributed by atoms with Crippen LogP contribution in [-0.4, -0.2) is 16.9 Å². The summed E-state index contributed by atoms with van der Waals surface area (Å²) in [5.41, 5.74) is 20.2. The van der Waals surface area contributed by atoms with Gasteiger partial charge in [-0.2, -0.15) is 0 Å². The molecule has 7 rings (SSSR count). The fourth-order valence-corrected chi connectivity index (χ4v) is 12.6. The van der Waals surface area contributed by atoms with Crippen molar-refractivity contribution in [1.29, 1.82) is 0 Å². The van der Waals surface area contributed by atoms with Crippen LogP contribution in [-0.2, 0) is 0 Å². The molecule has 4 nitrogen and oxygen atoms in total. The van der Waals surface area contributed by atoms with Gasteiger partial charge in [0.2, 0.25) is 0 Å². The molecule has 41 heavy (non-hydrogen) atoms. The molecule has 0 aliphatic carbocycles. The molecule has 7 heteroatoms. The van der Waals surface area contributed by atoms with Crippen LogP contribution in [0.25, 0.3) is 11.1 Å². The van der Waals surface area contributed by atoms with Crippen LogP contribution in [0.3, 0.4) is 0 Å². The quantitative estimate of drug-likeness (QED) is 0.182. The number of hydrazine groups is 2. The summed E-state index contributed by atoms with van der Waals surface area (Å²) in [5, 5.41) is 2.78. The van der Waals surface area contributed by atoms with E-state index >= 15 is 0 Å². The molecule has 206 valence electrons. The lowest BCUT2D eigenvalue weighted by Crippen LogP contribution is -2.43.